The lowest BCUT2D eigenvalue weighted by molar-refractivity contribution is -0.157. The molecule has 1 aromatic carbocycles. The second-order valence-corrected chi connectivity index (χ2v) is 8.33. The van der Waals surface area contributed by atoms with E-state index in [-0.39, 0.29) is 28.9 Å². The third kappa shape index (κ3) is 3.77. The van der Waals surface area contributed by atoms with Crippen molar-refractivity contribution in [2.45, 2.75) is 58.5 Å². The number of esters is 1. The van der Waals surface area contributed by atoms with E-state index in [9.17, 15) is 9.18 Å². The summed E-state index contributed by atoms with van der Waals surface area (Å²) in [7, 11) is 0. The minimum absolute atomic E-state index is 0.0319. The van der Waals surface area contributed by atoms with Gasteiger partial charge in [-0.15, -0.1) is 0 Å². The summed E-state index contributed by atoms with van der Waals surface area (Å²) in [5.74, 6) is 0.997. The number of hydrogen-bond acceptors (Lipinski definition) is 2. The fourth-order valence-corrected chi connectivity index (χ4v) is 4.17. The van der Waals surface area contributed by atoms with Crippen LogP contribution in [0.25, 0.3) is 0 Å². The Morgan fingerprint density at radius 1 is 1.29 bits per heavy atom. The molecule has 0 aromatic heterocycles. The lowest BCUT2D eigenvalue weighted by Crippen LogP contribution is -2.36. The smallest absolute Gasteiger partial charge is 0.309 e. The molecule has 1 aromatic rings. The maximum Gasteiger partial charge on any atom is 0.309 e. The number of carbonyl (C=O) groups excluding carboxylic acids is 1. The van der Waals surface area contributed by atoms with Crippen LogP contribution in [0.1, 0.15) is 57.9 Å². The predicted octanol–water partition coefficient (Wildman–Crippen LogP) is 5.59. The van der Waals surface area contributed by atoms with Crippen LogP contribution in [0.15, 0.2) is 18.2 Å². The lowest BCUT2D eigenvalue weighted by atomic mass is 9.75. The van der Waals surface area contributed by atoms with E-state index in [0.717, 1.165) is 24.8 Å². The normalized spacial score (nSPS) is 32.7. The standard InChI is InChI=1S/C20H26ClFO2/c1-11(2)14-6-4-12(3)8-19(14)24-20(23)16-10-15(16)13-5-7-17(21)18(22)9-13/h5,7,9,11-12,14-16,19H,4,6,8,10H2,1-3H3/t12-,14+,15?,16?,19-/m1/s1. The van der Waals surface area contributed by atoms with E-state index in [2.05, 4.69) is 20.8 Å². The summed E-state index contributed by atoms with van der Waals surface area (Å²) >= 11 is 5.73. The first-order valence-electron chi connectivity index (χ1n) is 9.02. The molecular formula is C20H26ClFO2. The Labute approximate surface area is 148 Å². The first-order chi connectivity index (χ1) is 11.4. The van der Waals surface area contributed by atoms with Gasteiger partial charge in [0.25, 0.3) is 0 Å². The van der Waals surface area contributed by atoms with Crippen LogP contribution in [-0.4, -0.2) is 12.1 Å². The van der Waals surface area contributed by atoms with Crippen molar-refractivity contribution < 1.29 is 13.9 Å². The van der Waals surface area contributed by atoms with Crippen molar-refractivity contribution in [2.24, 2.45) is 23.7 Å². The van der Waals surface area contributed by atoms with Crippen LogP contribution in [0.3, 0.4) is 0 Å². The molecule has 3 rings (SSSR count). The number of halogens is 2. The molecule has 2 saturated carbocycles. The highest BCUT2D eigenvalue weighted by Crippen LogP contribution is 2.49. The van der Waals surface area contributed by atoms with Gasteiger partial charge in [-0.1, -0.05) is 44.9 Å². The Kier molecular flexibility index (Phi) is 5.19. The predicted molar refractivity (Wildman–Crippen MR) is 93.5 cm³/mol. The molecule has 24 heavy (non-hydrogen) atoms. The number of benzene rings is 1. The van der Waals surface area contributed by atoms with Gasteiger partial charge in [-0.2, -0.15) is 0 Å². The topological polar surface area (TPSA) is 26.3 Å². The first-order valence-corrected chi connectivity index (χ1v) is 9.40. The number of hydrogen-bond donors (Lipinski definition) is 0. The molecule has 0 aliphatic heterocycles. The molecule has 5 atom stereocenters. The van der Waals surface area contributed by atoms with Crippen molar-refractivity contribution in [1.29, 1.82) is 0 Å². The second kappa shape index (κ2) is 7.03. The molecule has 2 aliphatic rings. The number of rotatable bonds is 4. The number of carbonyl (C=O) groups is 1. The molecule has 0 amide bonds. The van der Waals surface area contributed by atoms with E-state index in [1.165, 1.54) is 12.5 Å². The van der Waals surface area contributed by atoms with Crippen LogP contribution in [-0.2, 0) is 9.53 Å². The van der Waals surface area contributed by atoms with Crippen molar-refractivity contribution in [3.05, 3.63) is 34.6 Å². The van der Waals surface area contributed by atoms with E-state index in [0.29, 0.717) is 17.8 Å². The molecule has 2 aliphatic carbocycles. The maximum absolute atomic E-state index is 13.6. The summed E-state index contributed by atoms with van der Waals surface area (Å²) in [6.45, 7) is 6.64. The molecular weight excluding hydrogens is 327 g/mol. The Balaban J connectivity index is 1.62. The van der Waals surface area contributed by atoms with Crippen LogP contribution >= 0.6 is 11.6 Å². The van der Waals surface area contributed by atoms with Gasteiger partial charge < -0.3 is 4.74 Å². The molecule has 0 bridgehead atoms. The SMILES string of the molecule is CC(C)[C@@H]1CC[C@@H](C)C[C@H]1OC(=O)C1CC1c1ccc(Cl)c(F)c1. The van der Waals surface area contributed by atoms with Crippen LogP contribution in [0.5, 0.6) is 0 Å². The lowest BCUT2D eigenvalue weighted by Gasteiger charge is -2.36. The van der Waals surface area contributed by atoms with Crippen molar-refractivity contribution in [2.75, 3.05) is 0 Å². The zero-order chi connectivity index (χ0) is 17.4. The van der Waals surface area contributed by atoms with Crippen molar-refractivity contribution >= 4 is 17.6 Å². The van der Waals surface area contributed by atoms with Gasteiger partial charge in [-0.05, 0) is 60.6 Å². The Morgan fingerprint density at radius 2 is 2.04 bits per heavy atom. The molecule has 2 unspecified atom stereocenters. The molecule has 0 saturated heterocycles. The average molecular weight is 353 g/mol. The van der Waals surface area contributed by atoms with E-state index >= 15 is 0 Å². The van der Waals surface area contributed by atoms with Crippen molar-refractivity contribution in [3.63, 3.8) is 0 Å². The second-order valence-electron chi connectivity index (χ2n) is 7.92. The Bertz CT molecular complexity index is 616. The van der Waals surface area contributed by atoms with Gasteiger partial charge >= 0.3 is 5.97 Å². The Morgan fingerprint density at radius 3 is 2.71 bits per heavy atom. The highest BCUT2D eigenvalue weighted by Gasteiger charge is 2.47. The molecule has 2 nitrogen and oxygen atoms in total. The van der Waals surface area contributed by atoms with Crippen LogP contribution in [0.4, 0.5) is 4.39 Å². The minimum atomic E-state index is -0.422. The highest BCUT2D eigenvalue weighted by molar-refractivity contribution is 6.30. The van der Waals surface area contributed by atoms with E-state index in [1.54, 1.807) is 6.07 Å². The maximum atomic E-state index is 13.6. The van der Waals surface area contributed by atoms with Crippen LogP contribution < -0.4 is 0 Å². The van der Waals surface area contributed by atoms with Gasteiger partial charge in [-0.3, -0.25) is 4.79 Å². The zero-order valence-corrected chi connectivity index (χ0v) is 15.4. The van der Waals surface area contributed by atoms with Crippen LogP contribution in [0, 0.1) is 29.5 Å². The summed E-state index contributed by atoms with van der Waals surface area (Å²) < 4.78 is 19.5. The summed E-state index contributed by atoms with van der Waals surface area (Å²) in [5.41, 5.74) is 0.844. The van der Waals surface area contributed by atoms with Gasteiger partial charge in [0, 0.05) is 0 Å². The summed E-state index contributed by atoms with van der Waals surface area (Å²) in [6, 6.07) is 4.81. The number of ether oxygens (including phenoxy) is 1. The van der Waals surface area contributed by atoms with E-state index in [4.69, 9.17) is 16.3 Å². The van der Waals surface area contributed by atoms with Crippen molar-refractivity contribution in [1.82, 2.24) is 0 Å². The molecule has 0 N–H and O–H groups in total. The summed E-state index contributed by atoms with van der Waals surface area (Å²) in [5, 5.41) is 0.120. The van der Waals surface area contributed by atoms with Crippen molar-refractivity contribution in [3.8, 4) is 0 Å². The molecule has 132 valence electrons. The van der Waals surface area contributed by atoms with Gasteiger partial charge in [0.15, 0.2) is 0 Å². The van der Waals surface area contributed by atoms with E-state index in [1.807, 2.05) is 6.07 Å². The molecule has 0 spiro atoms. The Hall–Kier alpha value is -1.09. The highest BCUT2D eigenvalue weighted by atomic mass is 35.5. The quantitative estimate of drug-likeness (QED) is 0.660. The fourth-order valence-electron chi connectivity index (χ4n) is 4.05. The molecule has 0 heterocycles. The molecule has 2 fully saturated rings. The monoisotopic (exact) mass is 352 g/mol. The van der Waals surface area contributed by atoms with Gasteiger partial charge in [0.05, 0.1) is 10.9 Å². The first kappa shape index (κ1) is 17.7. The summed E-state index contributed by atoms with van der Waals surface area (Å²) in [6.07, 6.45) is 4.08. The zero-order valence-electron chi connectivity index (χ0n) is 14.6. The average Bonchev–Trinajstić information content (AvgIpc) is 3.30. The minimum Gasteiger partial charge on any atom is -0.462 e. The third-order valence-corrected chi connectivity index (χ3v) is 6.00. The molecule has 0 radical (unpaired) electrons. The third-order valence-electron chi connectivity index (χ3n) is 5.69. The van der Waals surface area contributed by atoms with Gasteiger partial charge in [0.1, 0.15) is 11.9 Å². The summed E-state index contributed by atoms with van der Waals surface area (Å²) in [4.78, 5) is 12.5. The van der Waals surface area contributed by atoms with Crippen LogP contribution in [0.2, 0.25) is 5.02 Å². The molecule has 4 heteroatoms. The van der Waals surface area contributed by atoms with E-state index < -0.39 is 5.82 Å². The fraction of sp³-hybridized carbons (Fsp3) is 0.650. The largest absolute Gasteiger partial charge is 0.462 e. The van der Waals surface area contributed by atoms with Gasteiger partial charge in [0.2, 0.25) is 0 Å². The van der Waals surface area contributed by atoms with Gasteiger partial charge in [-0.25, -0.2) is 4.39 Å².